The molecule has 5 heteroatoms. The molecule has 0 bridgehead atoms. The third-order valence-electron chi connectivity index (χ3n) is 11.0. The van der Waals surface area contributed by atoms with E-state index >= 15 is 0 Å². The van der Waals surface area contributed by atoms with Crippen LogP contribution in [0.1, 0.15) is 90.9 Å². The molecule has 5 aliphatic carbocycles. The molecule has 0 aromatic heterocycles. The maximum atomic E-state index is 12.2. The van der Waals surface area contributed by atoms with E-state index in [-0.39, 0.29) is 16.7 Å². The number of carboxylic acid groups (broad SMARTS) is 1. The van der Waals surface area contributed by atoms with Crippen LogP contribution < -0.4 is 5.32 Å². The molecule has 0 saturated heterocycles. The lowest BCUT2D eigenvalue weighted by Crippen LogP contribution is -2.64. The van der Waals surface area contributed by atoms with Crippen LogP contribution in [0.25, 0.3) is 0 Å². The molecule has 10 atom stereocenters. The zero-order valence-electron chi connectivity index (χ0n) is 19.4. The molecule has 31 heavy (non-hydrogen) atoms. The Balaban J connectivity index is 1.50. The van der Waals surface area contributed by atoms with Crippen LogP contribution in [0.15, 0.2) is 0 Å². The van der Waals surface area contributed by atoms with Crippen molar-refractivity contribution in [3.8, 4) is 0 Å². The fourth-order valence-electron chi connectivity index (χ4n) is 9.60. The molecule has 0 unspecified atom stereocenters. The van der Waals surface area contributed by atoms with Crippen LogP contribution in [0.3, 0.4) is 0 Å². The summed E-state index contributed by atoms with van der Waals surface area (Å²) in [5.74, 6) is 1.12. The molecule has 0 aliphatic heterocycles. The molecule has 5 saturated carbocycles. The van der Waals surface area contributed by atoms with Gasteiger partial charge in [0.1, 0.15) is 0 Å². The number of carboxylic acids is 1. The Hall–Kier alpha value is -0.650. The number of aliphatic hydroxyl groups excluding tert-OH is 2. The van der Waals surface area contributed by atoms with E-state index in [1.807, 2.05) is 0 Å². The highest BCUT2D eigenvalue weighted by molar-refractivity contribution is 5.71. The van der Waals surface area contributed by atoms with Crippen molar-refractivity contribution in [1.29, 1.82) is 0 Å². The summed E-state index contributed by atoms with van der Waals surface area (Å²) in [6.45, 7) is 4.68. The van der Waals surface area contributed by atoms with Gasteiger partial charge in [0.05, 0.1) is 18.1 Å². The largest absolute Gasteiger partial charge is 0.481 e. The minimum atomic E-state index is -0.626. The first-order valence-electron chi connectivity index (χ1n) is 13.1. The smallest absolute Gasteiger partial charge is 0.307 e. The average molecular weight is 434 g/mol. The van der Waals surface area contributed by atoms with Crippen molar-refractivity contribution in [3.63, 3.8) is 0 Å². The van der Waals surface area contributed by atoms with Crippen molar-refractivity contribution in [2.24, 2.45) is 40.4 Å². The number of aliphatic carboxylic acids is 1. The first-order chi connectivity index (χ1) is 14.7. The summed E-state index contributed by atoms with van der Waals surface area (Å²) in [7, 11) is 0. The number of carbonyl (C=O) groups is 1. The van der Waals surface area contributed by atoms with Crippen LogP contribution in [0.2, 0.25) is 0 Å². The summed E-state index contributed by atoms with van der Waals surface area (Å²) in [5.41, 5.74) is -0.105. The van der Waals surface area contributed by atoms with Crippen molar-refractivity contribution >= 4 is 5.97 Å². The fraction of sp³-hybridized carbons (Fsp3) is 0.962. The highest BCUT2D eigenvalue weighted by Crippen LogP contribution is 2.67. The standard InChI is InChI=1S/C26H43NO4/c1-25-14-22(29)21(28)12-15(25)8-9-17-18-10-11-19(24(30)31)26(18,2)13-20(23(17)25)27-16-6-4-3-5-7-16/h15-23,27-29H,3-14H2,1-2H3,(H,30,31)/t15-,17-,18-,19+,20+,21-,22-,23+,25-,26-/m0/s1. The second-order valence-corrected chi connectivity index (χ2v) is 12.4. The maximum absolute atomic E-state index is 12.2. The Morgan fingerprint density at radius 2 is 1.61 bits per heavy atom. The molecule has 0 spiro atoms. The number of rotatable bonds is 3. The van der Waals surface area contributed by atoms with E-state index in [0.717, 1.165) is 38.5 Å². The fourth-order valence-corrected chi connectivity index (χ4v) is 9.60. The van der Waals surface area contributed by atoms with Gasteiger partial charge in [-0.1, -0.05) is 33.1 Å². The molecule has 176 valence electrons. The summed E-state index contributed by atoms with van der Waals surface area (Å²) in [5, 5.41) is 35.2. The number of aliphatic hydroxyl groups is 2. The van der Waals surface area contributed by atoms with Crippen molar-refractivity contribution in [1.82, 2.24) is 5.32 Å². The van der Waals surface area contributed by atoms with Gasteiger partial charge in [-0.2, -0.15) is 0 Å². The van der Waals surface area contributed by atoms with E-state index in [1.165, 1.54) is 32.1 Å². The van der Waals surface area contributed by atoms with Gasteiger partial charge in [-0.05, 0) is 92.3 Å². The third kappa shape index (κ3) is 3.49. The van der Waals surface area contributed by atoms with E-state index in [1.54, 1.807) is 0 Å². The third-order valence-corrected chi connectivity index (χ3v) is 11.0. The van der Waals surface area contributed by atoms with Crippen LogP contribution in [0, 0.1) is 40.4 Å². The van der Waals surface area contributed by atoms with Crippen LogP contribution in [0.4, 0.5) is 0 Å². The molecule has 4 N–H and O–H groups in total. The second-order valence-electron chi connectivity index (χ2n) is 12.4. The molecule has 5 aliphatic rings. The summed E-state index contributed by atoms with van der Waals surface area (Å²) in [4.78, 5) is 12.2. The van der Waals surface area contributed by atoms with Crippen molar-refractivity contribution in [2.45, 2.75) is 115 Å². The minimum Gasteiger partial charge on any atom is -0.481 e. The van der Waals surface area contributed by atoms with Gasteiger partial charge >= 0.3 is 5.97 Å². The molecule has 5 fully saturated rings. The van der Waals surface area contributed by atoms with E-state index in [2.05, 4.69) is 19.2 Å². The molecule has 5 rings (SSSR count). The molecule has 0 amide bonds. The highest BCUT2D eigenvalue weighted by Gasteiger charge is 2.65. The summed E-state index contributed by atoms with van der Waals surface area (Å²) in [6.07, 6.45) is 11.7. The Morgan fingerprint density at radius 3 is 2.32 bits per heavy atom. The van der Waals surface area contributed by atoms with Crippen LogP contribution >= 0.6 is 0 Å². The van der Waals surface area contributed by atoms with Gasteiger partial charge in [-0.25, -0.2) is 0 Å². The quantitative estimate of drug-likeness (QED) is 0.541. The molecule has 0 heterocycles. The van der Waals surface area contributed by atoms with E-state index < -0.39 is 18.2 Å². The zero-order chi connectivity index (χ0) is 22.0. The Morgan fingerprint density at radius 1 is 0.871 bits per heavy atom. The molecular weight excluding hydrogens is 390 g/mol. The summed E-state index contributed by atoms with van der Waals surface area (Å²) in [6, 6.07) is 0.872. The average Bonchev–Trinajstić information content (AvgIpc) is 3.06. The first kappa shape index (κ1) is 22.2. The summed E-state index contributed by atoms with van der Waals surface area (Å²) >= 11 is 0. The predicted octanol–water partition coefficient (Wildman–Crippen LogP) is 3.96. The monoisotopic (exact) mass is 433 g/mol. The lowest BCUT2D eigenvalue weighted by Gasteiger charge is -2.64. The summed E-state index contributed by atoms with van der Waals surface area (Å²) < 4.78 is 0. The second kappa shape index (κ2) is 7.99. The Labute approximate surface area is 187 Å². The van der Waals surface area contributed by atoms with Crippen molar-refractivity contribution < 1.29 is 20.1 Å². The zero-order valence-corrected chi connectivity index (χ0v) is 19.4. The molecular formula is C26H43NO4. The van der Waals surface area contributed by atoms with E-state index in [9.17, 15) is 20.1 Å². The Kier molecular flexibility index (Phi) is 5.71. The van der Waals surface area contributed by atoms with Crippen LogP contribution in [-0.4, -0.2) is 45.6 Å². The van der Waals surface area contributed by atoms with Gasteiger partial charge in [-0.15, -0.1) is 0 Å². The molecule has 0 aromatic rings. The van der Waals surface area contributed by atoms with Gasteiger partial charge in [0.25, 0.3) is 0 Å². The van der Waals surface area contributed by atoms with Gasteiger partial charge in [0.2, 0.25) is 0 Å². The topological polar surface area (TPSA) is 89.8 Å². The first-order valence-corrected chi connectivity index (χ1v) is 13.1. The van der Waals surface area contributed by atoms with E-state index in [4.69, 9.17) is 0 Å². The van der Waals surface area contributed by atoms with Gasteiger partial charge < -0.3 is 20.6 Å². The van der Waals surface area contributed by atoms with Gasteiger partial charge in [0.15, 0.2) is 0 Å². The molecule has 5 nitrogen and oxygen atoms in total. The van der Waals surface area contributed by atoms with Crippen LogP contribution in [-0.2, 0) is 4.79 Å². The lowest BCUT2D eigenvalue weighted by atomic mass is 9.43. The van der Waals surface area contributed by atoms with Crippen molar-refractivity contribution in [2.75, 3.05) is 0 Å². The number of nitrogens with one attached hydrogen (secondary N) is 1. The van der Waals surface area contributed by atoms with Gasteiger partial charge in [-0.3, -0.25) is 4.79 Å². The normalized spacial score (nSPS) is 52.8. The van der Waals surface area contributed by atoms with Crippen LogP contribution in [0.5, 0.6) is 0 Å². The molecule has 0 radical (unpaired) electrons. The van der Waals surface area contributed by atoms with E-state index in [0.29, 0.717) is 42.2 Å². The number of hydrogen-bond acceptors (Lipinski definition) is 4. The molecule has 0 aromatic carbocycles. The maximum Gasteiger partial charge on any atom is 0.307 e. The number of hydrogen-bond donors (Lipinski definition) is 4. The lowest BCUT2D eigenvalue weighted by molar-refractivity contribution is -0.174. The predicted molar refractivity (Wildman–Crippen MR) is 119 cm³/mol. The SMILES string of the molecule is C[C@]12C[C@H](O)[C@@H](O)C[C@@H]1CC[C@@H]1[C@@H]2[C@H](NC2CCCCC2)C[C@]2(C)[C@@H](C(=O)O)CC[C@@H]12. The highest BCUT2D eigenvalue weighted by atomic mass is 16.4. The van der Waals surface area contributed by atoms with Crippen molar-refractivity contribution in [3.05, 3.63) is 0 Å². The Bertz CT molecular complexity index is 693. The minimum absolute atomic E-state index is 0.0243. The van der Waals surface area contributed by atoms with Gasteiger partial charge in [0, 0.05) is 12.1 Å². The number of fused-ring (bicyclic) bond motifs is 5.